The van der Waals surface area contributed by atoms with Crippen molar-refractivity contribution < 1.29 is 28.4 Å². The molecule has 10 heteroatoms. The zero-order chi connectivity index (χ0) is 30.3. The lowest BCUT2D eigenvalue weighted by atomic mass is 9.96. The Morgan fingerprint density at radius 3 is 2.37 bits per heavy atom. The Bertz CT molecular complexity index is 1400. The highest BCUT2D eigenvalue weighted by molar-refractivity contribution is 6.04. The maximum Gasteiger partial charge on any atom is 0.248 e. The fourth-order valence-corrected chi connectivity index (χ4v) is 4.38. The van der Waals surface area contributed by atoms with Crippen LogP contribution in [0.1, 0.15) is 68.5 Å². The minimum Gasteiger partial charge on any atom is -0.493 e. The number of nitrogens with zero attached hydrogens (tertiary/aromatic N) is 2. The first-order valence-electron chi connectivity index (χ1n) is 13.6. The summed E-state index contributed by atoms with van der Waals surface area (Å²) in [5.74, 6) is 0.379. The predicted octanol–water partition coefficient (Wildman–Crippen LogP) is 5.42. The quantitative estimate of drug-likeness (QED) is 0.301. The number of methoxy groups -OCH3 is 2. The molecule has 0 fully saturated rings. The number of nitrogens with one attached hydrogen (secondary N) is 2. The van der Waals surface area contributed by atoms with Gasteiger partial charge in [-0.25, -0.2) is 0 Å². The van der Waals surface area contributed by atoms with Crippen molar-refractivity contribution >= 4 is 29.2 Å². The van der Waals surface area contributed by atoms with E-state index in [1.54, 1.807) is 31.2 Å². The van der Waals surface area contributed by atoms with Gasteiger partial charge in [-0.3, -0.25) is 19.3 Å². The molecule has 0 unspecified atom stereocenters. The van der Waals surface area contributed by atoms with Crippen LogP contribution in [-0.2, 0) is 14.4 Å². The van der Waals surface area contributed by atoms with E-state index in [9.17, 15) is 14.4 Å². The summed E-state index contributed by atoms with van der Waals surface area (Å²) in [6.45, 7) is 11.3. The number of ether oxygens (including phenoxy) is 2. The zero-order valence-electron chi connectivity index (χ0n) is 25.1. The molecule has 0 aliphatic heterocycles. The Balaban J connectivity index is 2.12. The number of carbonyl (C=O) groups is 3. The molecular formula is C31H40N4O6. The van der Waals surface area contributed by atoms with Gasteiger partial charge in [-0.2, -0.15) is 0 Å². The second-order valence-electron chi connectivity index (χ2n) is 10.6. The number of hydrogen-bond acceptors (Lipinski definition) is 7. The highest BCUT2D eigenvalue weighted by Crippen LogP contribution is 2.40. The minimum absolute atomic E-state index is 0.129. The molecule has 1 aromatic heterocycles. The molecule has 10 nitrogen and oxygen atoms in total. The van der Waals surface area contributed by atoms with Crippen molar-refractivity contribution in [1.29, 1.82) is 0 Å². The molecule has 0 saturated carbocycles. The van der Waals surface area contributed by atoms with Gasteiger partial charge in [0.25, 0.3) is 0 Å². The lowest BCUT2D eigenvalue weighted by molar-refractivity contribution is -0.128. The van der Waals surface area contributed by atoms with Crippen LogP contribution in [0, 0.1) is 20.8 Å². The largest absolute Gasteiger partial charge is 0.493 e. The summed E-state index contributed by atoms with van der Waals surface area (Å²) in [4.78, 5) is 42.5. The number of aryl methyl sites for hydroxylation is 3. The number of anilines is 2. The molecule has 2 N–H and O–H groups in total. The van der Waals surface area contributed by atoms with Crippen LogP contribution in [0.25, 0.3) is 0 Å². The minimum atomic E-state index is -1.12. The molecule has 3 amide bonds. The van der Waals surface area contributed by atoms with Crippen LogP contribution < -0.4 is 25.0 Å². The number of amides is 3. The second kappa shape index (κ2) is 13.3. The third-order valence-corrected chi connectivity index (χ3v) is 6.93. The number of benzene rings is 2. The molecule has 220 valence electrons. The van der Waals surface area contributed by atoms with Gasteiger partial charge in [0, 0.05) is 35.7 Å². The first-order chi connectivity index (χ1) is 19.4. The number of carbonyl (C=O) groups excluding carboxylic acids is 3. The maximum atomic E-state index is 14.2. The van der Waals surface area contributed by atoms with Gasteiger partial charge in [0.05, 0.1) is 14.2 Å². The van der Waals surface area contributed by atoms with Crippen LogP contribution in [0.5, 0.6) is 11.5 Å². The summed E-state index contributed by atoms with van der Waals surface area (Å²) in [5.41, 5.74) is 2.16. The van der Waals surface area contributed by atoms with Gasteiger partial charge in [-0.05, 0) is 64.3 Å². The normalized spacial score (nSPS) is 11.9. The monoisotopic (exact) mass is 564 g/mol. The summed E-state index contributed by atoms with van der Waals surface area (Å²) in [7, 11) is 3.01. The molecule has 0 aliphatic rings. The predicted molar refractivity (Wildman–Crippen MR) is 157 cm³/mol. The molecule has 0 radical (unpaired) electrons. The molecular weight excluding hydrogens is 524 g/mol. The third-order valence-electron chi connectivity index (χ3n) is 6.93. The van der Waals surface area contributed by atoms with Gasteiger partial charge in [0.15, 0.2) is 17.3 Å². The topological polar surface area (TPSA) is 123 Å². The van der Waals surface area contributed by atoms with Crippen LogP contribution in [0.4, 0.5) is 11.5 Å². The molecule has 3 rings (SSSR count). The second-order valence-corrected chi connectivity index (χ2v) is 10.6. The van der Waals surface area contributed by atoms with Crippen molar-refractivity contribution in [2.24, 2.45) is 0 Å². The summed E-state index contributed by atoms with van der Waals surface area (Å²) in [5, 5.41) is 9.52. The van der Waals surface area contributed by atoms with Crippen molar-refractivity contribution in [3.05, 3.63) is 64.9 Å². The van der Waals surface area contributed by atoms with Crippen molar-refractivity contribution in [1.82, 2.24) is 10.5 Å². The number of hydrogen-bond donors (Lipinski definition) is 2. The summed E-state index contributed by atoms with van der Waals surface area (Å²) < 4.78 is 16.2. The fourth-order valence-electron chi connectivity index (χ4n) is 4.38. The lowest BCUT2D eigenvalue weighted by Gasteiger charge is -2.36. The Morgan fingerprint density at radius 2 is 1.76 bits per heavy atom. The number of para-hydroxylation sites is 1. The standard InChI is InChI=1S/C31H40N4O6/c1-9-31(5,6)33-30(38)28(22-11-10-12-24(39-7)29(22)40-8)35(23-17-19(2)13-14-20(23)3)27(37)16-15-26(36)32-25-18-21(4)41-34-25/h10-14,17-18,28H,9,15-16H2,1-8H3,(H,33,38)(H,32,34,36)/t28-/m1/s1. The molecule has 2 aromatic carbocycles. The molecule has 41 heavy (non-hydrogen) atoms. The van der Waals surface area contributed by atoms with Crippen molar-refractivity contribution in [2.75, 3.05) is 24.4 Å². The van der Waals surface area contributed by atoms with Crippen LogP contribution in [0.2, 0.25) is 0 Å². The van der Waals surface area contributed by atoms with E-state index in [0.29, 0.717) is 34.9 Å². The van der Waals surface area contributed by atoms with E-state index in [1.165, 1.54) is 19.1 Å². The van der Waals surface area contributed by atoms with E-state index in [0.717, 1.165) is 11.1 Å². The van der Waals surface area contributed by atoms with Crippen LogP contribution >= 0.6 is 0 Å². The van der Waals surface area contributed by atoms with Crippen molar-refractivity contribution in [3.63, 3.8) is 0 Å². The van der Waals surface area contributed by atoms with Gasteiger partial charge in [-0.1, -0.05) is 36.3 Å². The average molecular weight is 565 g/mol. The van der Waals surface area contributed by atoms with Crippen LogP contribution in [0.15, 0.2) is 47.0 Å². The molecule has 0 spiro atoms. The Morgan fingerprint density at radius 1 is 1.02 bits per heavy atom. The van der Waals surface area contributed by atoms with E-state index in [2.05, 4.69) is 15.8 Å². The first-order valence-corrected chi connectivity index (χ1v) is 13.6. The molecule has 1 heterocycles. The smallest absolute Gasteiger partial charge is 0.248 e. The lowest BCUT2D eigenvalue weighted by Crippen LogP contribution is -2.50. The molecule has 1 atom stereocenters. The number of aromatic nitrogens is 1. The van der Waals surface area contributed by atoms with Crippen LogP contribution in [-0.4, -0.2) is 42.6 Å². The number of rotatable bonds is 12. The summed E-state index contributed by atoms with van der Waals surface area (Å²) >= 11 is 0. The Labute approximate surface area is 241 Å². The van der Waals surface area contributed by atoms with Gasteiger partial charge < -0.3 is 24.6 Å². The van der Waals surface area contributed by atoms with E-state index in [1.807, 2.05) is 52.8 Å². The Hall–Kier alpha value is -4.34. The van der Waals surface area contributed by atoms with E-state index in [-0.39, 0.29) is 24.6 Å². The third kappa shape index (κ3) is 7.65. The van der Waals surface area contributed by atoms with Crippen LogP contribution in [0.3, 0.4) is 0 Å². The molecule has 3 aromatic rings. The summed E-state index contributed by atoms with van der Waals surface area (Å²) in [6.07, 6.45) is 0.374. The van der Waals surface area contributed by atoms with E-state index >= 15 is 0 Å². The van der Waals surface area contributed by atoms with E-state index in [4.69, 9.17) is 14.0 Å². The SMILES string of the molecule is CCC(C)(C)NC(=O)[C@@H](c1cccc(OC)c1OC)N(C(=O)CCC(=O)Nc1cc(C)on1)c1cc(C)ccc1C. The molecule has 0 saturated heterocycles. The fraction of sp³-hybridized carbons (Fsp3) is 0.419. The average Bonchev–Trinajstić information content (AvgIpc) is 3.34. The van der Waals surface area contributed by atoms with Crippen molar-refractivity contribution in [2.45, 2.75) is 72.4 Å². The Kier molecular flexibility index (Phi) is 10.2. The van der Waals surface area contributed by atoms with Gasteiger partial charge >= 0.3 is 0 Å². The van der Waals surface area contributed by atoms with Crippen molar-refractivity contribution in [3.8, 4) is 11.5 Å². The maximum absolute atomic E-state index is 14.2. The van der Waals surface area contributed by atoms with Gasteiger partial charge in [0.2, 0.25) is 17.7 Å². The first kappa shape index (κ1) is 31.2. The summed E-state index contributed by atoms with van der Waals surface area (Å²) in [6, 6.07) is 11.4. The molecule has 0 bridgehead atoms. The van der Waals surface area contributed by atoms with Gasteiger partial charge in [-0.15, -0.1) is 0 Å². The van der Waals surface area contributed by atoms with Gasteiger partial charge in [0.1, 0.15) is 11.8 Å². The van der Waals surface area contributed by atoms with E-state index < -0.39 is 23.4 Å². The highest BCUT2D eigenvalue weighted by Gasteiger charge is 2.38. The molecule has 0 aliphatic carbocycles. The highest BCUT2D eigenvalue weighted by atomic mass is 16.5. The zero-order valence-corrected chi connectivity index (χ0v) is 25.1.